The molecule has 0 radical (unpaired) electrons. The van der Waals surface area contributed by atoms with Crippen LogP contribution in [0.4, 0.5) is 10.3 Å². The van der Waals surface area contributed by atoms with Crippen LogP contribution in [-0.4, -0.2) is 53.9 Å². The van der Waals surface area contributed by atoms with Gasteiger partial charge >= 0.3 is 5.97 Å². The maximum atomic E-state index is 14.0. The van der Waals surface area contributed by atoms with Crippen LogP contribution in [0.1, 0.15) is 48.9 Å². The van der Waals surface area contributed by atoms with E-state index in [1.165, 1.54) is 30.6 Å². The average molecular weight is 559 g/mol. The molecule has 0 aliphatic carbocycles. The Morgan fingerprint density at radius 1 is 0.951 bits per heavy atom. The van der Waals surface area contributed by atoms with Crippen LogP contribution in [0, 0.1) is 5.82 Å². The standard InChI is InChI=1S/C31H31FN4O5/c1-19(2)36-25(14-13-23(37)17-24(38)18-26(39)40)27(21-9-11-22(32)12-10-21)28(20-7-4-3-5-8-20)29(36)30(41)35-31-33-15-6-16-34-31/h3-16,19,23-24,37-38H,17-18H2,1-2H3,(H,39,40)(H,33,34,35,41)/b14-13+/t23-,24-/m1/s1. The molecule has 2 atom stereocenters. The van der Waals surface area contributed by atoms with Gasteiger partial charge in [-0.15, -0.1) is 0 Å². The number of carboxylic acid groups (broad SMARTS) is 1. The zero-order valence-corrected chi connectivity index (χ0v) is 22.6. The lowest BCUT2D eigenvalue weighted by Gasteiger charge is -2.17. The molecule has 0 saturated carbocycles. The zero-order valence-electron chi connectivity index (χ0n) is 22.6. The summed E-state index contributed by atoms with van der Waals surface area (Å²) in [6.07, 6.45) is 3.01. The first-order valence-electron chi connectivity index (χ1n) is 13.1. The highest BCUT2D eigenvalue weighted by atomic mass is 19.1. The summed E-state index contributed by atoms with van der Waals surface area (Å²) in [5.74, 6) is -1.94. The van der Waals surface area contributed by atoms with Gasteiger partial charge in [0.05, 0.1) is 18.6 Å². The van der Waals surface area contributed by atoms with Gasteiger partial charge in [-0.25, -0.2) is 14.4 Å². The zero-order chi connectivity index (χ0) is 29.5. The summed E-state index contributed by atoms with van der Waals surface area (Å²) in [6.45, 7) is 3.81. The second-order valence-corrected chi connectivity index (χ2v) is 9.76. The molecule has 1 amide bonds. The van der Waals surface area contributed by atoms with Crippen LogP contribution in [0.3, 0.4) is 0 Å². The molecule has 212 valence electrons. The average Bonchev–Trinajstić information content (AvgIpc) is 3.28. The first kappa shape index (κ1) is 29.3. The van der Waals surface area contributed by atoms with E-state index >= 15 is 0 Å². The van der Waals surface area contributed by atoms with E-state index in [0.29, 0.717) is 28.1 Å². The third-order valence-corrected chi connectivity index (χ3v) is 6.36. The third-order valence-electron chi connectivity index (χ3n) is 6.36. The highest BCUT2D eigenvalue weighted by molar-refractivity contribution is 6.11. The summed E-state index contributed by atoms with van der Waals surface area (Å²) in [4.78, 5) is 33.1. The summed E-state index contributed by atoms with van der Waals surface area (Å²) in [5, 5.41) is 32.4. The molecule has 9 nitrogen and oxygen atoms in total. The number of nitrogens with one attached hydrogen (secondary N) is 1. The summed E-state index contributed by atoms with van der Waals surface area (Å²) in [7, 11) is 0. The Hall–Kier alpha value is -4.67. The molecule has 0 aliphatic heterocycles. The molecule has 41 heavy (non-hydrogen) atoms. The van der Waals surface area contributed by atoms with Crippen molar-refractivity contribution in [2.45, 2.75) is 44.9 Å². The first-order chi connectivity index (χ1) is 19.7. The van der Waals surface area contributed by atoms with Crippen LogP contribution in [0.15, 0.2) is 79.1 Å². The number of rotatable bonds is 11. The van der Waals surface area contributed by atoms with Crippen LogP contribution >= 0.6 is 0 Å². The summed E-state index contributed by atoms with van der Waals surface area (Å²) < 4.78 is 15.8. The molecule has 0 fully saturated rings. The Labute approximate surface area is 236 Å². The predicted octanol–water partition coefficient (Wildman–Crippen LogP) is 5.18. The second kappa shape index (κ2) is 13.1. The molecule has 0 unspecified atom stereocenters. The van der Waals surface area contributed by atoms with E-state index in [-0.39, 0.29) is 18.4 Å². The van der Waals surface area contributed by atoms with E-state index in [2.05, 4.69) is 15.3 Å². The van der Waals surface area contributed by atoms with Gasteiger partial charge in [-0.2, -0.15) is 0 Å². The molecule has 2 heterocycles. The Morgan fingerprint density at radius 2 is 1.59 bits per heavy atom. The van der Waals surface area contributed by atoms with E-state index in [9.17, 15) is 24.2 Å². The normalized spacial score (nSPS) is 12.9. The predicted molar refractivity (Wildman–Crippen MR) is 154 cm³/mol. The summed E-state index contributed by atoms with van der Waals surface area (Å²) >= 11 is 0. The van der Waals surface area contributed by atoms with Crippen LogP contribution in [0.2, 0.25) is 0 Å². The molecule has 4 rings (SSSR count). The maximum Gasteiger partial charge on any atom is 0.305 e. The number of hydrogen-bond acceptors (Lipinski definition) is 6. The van der Waals surface area contributed by atoms with Crippen LogP contribution < -0.4 is 5.32 Å². The second-order valence-electron chi connectivity index (χ2n) is 9.76. The van der Waals surface area contributed by atoms with Crippen molar-refractivity contribution in [3.63, 3.8) is 0 Å². The number of carboxylic acids is 1. The number of aliphatic hydroxyl groups is 2. The van der Waals surface area contributed by atoms with Gasteiger partial charge < -0.3 is 19.9 Å². The van der Waals surface area contributed by atoms with Gasteiger partial charge in [0.2, 0.25) is 5.95 Å². The SMILES string of the molecule is CC(C)n1c(/C=C/[C@@H](O)C[C@@H](O)CC(=O)O)c(-c2ccc(F)cc2)c(-c2ccccc2)c1C(=O)Nc1ncccn1. The van der Waals surface area contributed by atoms with E-state index < -0.39 is 36.3 Å². The number of aromatic nitrogens is 3. The Kier molecular flexibility index (Phi) is 9.38. The molecule has 10 heteroatoms. The fourth-order valence-electron chi connectivity index (χ4n) is 4.69. The smallest absolute Gasteiger partial charge is 0.305 e. The van der Waals surface area contributed by atoms with Gasteiger partial charge in [-0.05, 0) is 49.2 Å². The fourth-order valence-corrected chi connectivity index (χ4v) is 4.69. The Bertz CT molecular complexity index is 1520. The number of anilines is 1. The van der Waals surface area contributed by atoms with Gasteiger partial charge in [0.25, 0.3) is 5.91 Å². The van der Waals surface area contributed by atoms with E-state index in [0.717, 1.165) is 5.56 Å². The molecule has 4 aromatic rings. The van der Waals surface area contributed by atoms with Crippen LogP contribution in [0.25, 0.3) is 28.3 Å². The lowest BCUT2D eigenvalue weighted by molar-refractivity contribution is -0.139. The topological polar surface area (TPSA) is 138 Å². The van der Waals surface area contributed by atoms with Crippen molar-refractivity contribution in [2.75, 3.05) is 5.32 Å². The van der Waals surface area contributed by atoms with Crippen molar-refractivity contribution >= 4 is 23.9 Å². The van der Waals surface area contributed by atoms with Crippen molar-refractivity contribution in [1.82, 2.24) is 14.5 Å². The molecule has 0 aliphatic rings. The molecular formula is C31H31FN4O5. The number of hydrogen-bond donors (Lipinski definition) is 4. The quantitative estimate of drug-likeness (QED) is 0.199. The van der Waals surface area contributed by atoms with Gasteiger partial charge in [-0.1, -0.05) is 48.5 Å². The number of benzene rings is 2. The number of aliphatic carboxylic acids is 1. The summed E-state index contributed by atoms with van der Waals surface area (Å²) in [6, 6.07) is 16.6. The molecule has 0 saturated heterocycles. The Balaban J connectivity index is 1.96. The molecule has 0 spiro atoms. The maximum absolute atomic E-state index is 14.0. The minimum absolute atomic E-state index is 0.122. The van der Waals surface area contributed by atoms with Crippen molar-refractivity contribution in [3.8, 4) is 22.3 Å². The van der Waals surface area contributed by atoms with E-state index in [4.69, 9.17) is 5.11 Å². The minimum atomic E-state index is -1.24. The number of halogens is 1. The summed E-state index contributed by atoms with van der Waals surface area (Å²) in [5.41, 5.74) is 3.43. The van der Waals surface area contributed by atoms with Crippen molar-refractivity contribution in [1.29, 1.82) is 0 Å². The molecular weight excluding hydrogens is 527 g/mol. The van der Waals surface area contributed by atoms with Crippen molar-refractivity contribution in [3.05, 3.63) is 96.3 Å². The lowest BCUT2D eigenvalue weighted by Crippen LogP contribution is -2.21. The third kappa shape index (κ3) is 7.10. The van der Waals surface area contributed by atoms with Crippen LogP contribution in [0.5, 0.6) is 0 Å². The fraction of sp³-hybridized carbons (Fsp3) is 0.226. The molecule has 0 bridgehead atoms. The van der Waals surface area contributed by atoms with Gasteiger partial charge in [0.1, 0.15) is 11.5 Å². The molecule has 4 N–H and O–H groups in total. The highest BCUT2D eigenvalue weighted by Gasteiger charge is 2.30. The Morgan fingerprint density at radius 3 is 2.20 bits per heavy atom. The monoisotopic (exact) mass is 558 g/mol. The van der Waals surface area contributed by atoms with Crippen molar-refractivity contribution < 1.29 is 29.3 Å². The van der Waals surface area contributed by atoms with Gasteiger partial charge in [0, 0.05) is 41.7 Å². The van der Waals surface area contributed by atoms with Gasteiger partial charge in [-0.3, -0.25) is 14.9 Å². The minimum Gasteiger partial charge on any atom is -0.481 e. The number of aliphatic hydroxyl groups excluding tert-OH is 2. The van der Waals surface area contributed by atoms with Crippen molar-refractivity contribution in [2.24, 2.45) is 0 Å². The lowest BCUT2D eigenvalue weighted by atomic mass is 9.94. The number of nitrogens with zero attached hydrogens (tertiary/aromatic N) is 3. The number of carbonyl (C=O) groups is 2. The van der Waals surface area contributed by atoms with E-state index in [1.54, 1.807) is 24.3 Å². The van der Waals surface area contributed by atoms with Crippen LogP contribution in [-0.2, 0) is 4.79 Å². The molecule has 2 aromatic carbocycles. The number of carbonyl (C=O) groups excluding carboxylic acids is 1. The van der Waals surface area contributed by atoms with Gasteiger partial charge in [0.15, 0.2) is 0 Å². The highest BCUT2D eigenvalue weighted by Crippen LogP contribution is 2.42. The molecule has 2 aromatic heterocycles. The first-order valence-corrected chi connectivity index (χ1v) is 13.1. The number of amides is 1. The largest absolute Gasteiger partial charge is 0.481 e. The van der Waals surface area contributed by atoms with E-state index in [1.807, 2.05) is 48.7 Å².